The van der Waals surface area contributed by atoms with E-state index in [1.165, 1.54) is 11.3 Å². The van der Waals surface area contributed by atoms with Crippen molar-refractivity contribution in [2.24, 2.45) is 0 Å². The third kappa shape index (κ3) is 5.87. The highest BCUT2D eigenvalue weighted by Gasteiger charge is 2.24. The summed E-state index contributed by atoms with van der Waals surface area (Å²) in [5.74, 6) is 1.56. The molecule has 2 heterocycles. The summed E-state index contributed by atoms with van der Waals surface area (Å²) in [6.45, 7) is 4.58. The Morgan fingerprint density at radius 1 is 1.12 bits per heavy atom. The van der Waals surface area contributed by atoms with Crippen LogP contribution in [0.5, 0.6) is 5.75 Å². The number of hydrogen-bond donors (Lipinski definition) is 0. The number of benzene rings is 2. The maximum atomic E-state index is 12.4. The number of carbonyl (C=O) groups excluding carboxylic acids is 1. The van der Waals surface area contributed by atoms with Crippen molar-refractivity contribution >= 4 is 17.3 Å². The molecule has 4 aromatic rings. The molecule has 2 aromatic carbocycles. The first-order chi connectivity index (χ1) is 16.1. The van der Waals surface area contributed by atoms with E-state index in [1.807, 2.05) is 73.8 Å². The first kappa shape index (κ1) is 22.7. The summed E-state index contributed by atoms with van der Waals surface area (Å²) in [6.07, 6.45) is 2.90. The van der Waals surface area contributed by atoms with Crippen molar-refractivity contribution in [2.45, 2.75) is 32.6 Å². The standard InChI is InChI=1S/C26H26N2O4S/c1-3-30-26(29)22(25-27-14-16-33-25)17-19-9-11-21(12-10-19)31-15-13-23-18(2)32-24(28-23)20-7-5-4-6-8-20/h4-12,14,16,22H,3,13,15,17H2,1-2H3. The third-order valence-electron chi connectivity index (χ3n) is 5.20. The van der Waals surface area contributed by atoms with E-state index in [1.54, 1.807) is 6.20 Å². The van der Waals surface area contributed by atoms with E-state index in [-0.39, 0.29) is 5.97 Å². The Morgan fingerprint density at radius 3 is 2.61 bits per heavy atom. The van der Waals surface area contributed by atoms with E-state index in [4.69, 9.17) is 13.9 Å². The molecule has 2 aromatic heterocycles. The SMILES string of the molecule is CCOC(=O)C(Cc1ccc(OCCc2nc(-c3ccccc3)oc2C)cc1)c1nccs1. The molecule has 6 nitrogen and oxygen atoms in total. The van der Waals surface area contributed by atoms with Crippen LogP contribution in [0.4, 0.5) is 0 Å². The number of rotatable bonds is 10. The first-order valence-corrected chi connectivity index (χ1v) is 11.8. The molecule has 4 rings (SSSR count). The zero-order chi connectivity index (χ0) is 23.0. The van der Waals surface area contributed by atoms with Crippen LogP contribution < -0.4 is 4.74 Å². The summed E-state index contributed by atoms with van der Waals surface area (Å²) in [5, 5.41) is 2.64. The number of oxazole rings is 1. The van der Waals surface area contributed by atoms with Crippen molar-refractivity contribution in [1.82, 2.24) is 9.97 Å². The van der Waals surface area contributed by atoms with Gasteiger partial charge in [-0.15, -0.1) is 11.3 Å². The van der Waals surface area contributed by atoms with E-state index >= 15 is 0 Å². The average Bonchev–Trinajstić information content (AvgIpc) is 3.49. The number of hydrogen-bond acceptors (Lipinski definition) is 7. The number of aryl methyl sites for hydroxylation is 1. The molecular weight excluding hydrogens is 436 g/mol. The van der Waals surface area contributed by atoms with Crippen LogP contribution in [0, 0.1) is 6.92 Å². The van der Waals surface area contributed by atoms with Gasteiger partial charge in [0.2, 0.25) is 5.89 Å². The van der Waals surface area contributed by atoms with E-state index < -0.39 is 5.92 Å². The third-order valence-corrected chi connectivity index (χ3v) is 6.09. The normalized spacial score (nSPS) is 11.8. The molecule has 0 aliphatic carbocycles. The minimum absolute atomic E-state index is 0.245. The Kier molecular flexibility index (Phi) is 7.52. The highest BCUT2D eigenvalue weighted by molar-refractivity contribution is 7.09. The van der Waals surface area contributed by atoms with Crippen LogP contribution >= 0.6 is 11.3 Å². The second-order valence-corrected chi connectivity index (χ2v) is 8.44. The Morgan fingerprint density at radius 2 is 1.91 bits per heavy atom. The number of nitrogens with zero attached hydrogens (tertiary/aromatic N) is 2. The summed E-state index contributed by atoms with van der Waals surface area (Å²) in [4.78, 5) is 21.3. The van der Waals surface area contributed by atoms with Crippen molar-refractivity contribution in [3.8, 4) is 17.2 Å². The van der Waals surface area contributed by atoms with Gasteiger partial charge in [0, 0.05) is 23.6 Å². The number of ether oxygens (including phenoxy) is 2. The first-order valence-electron chi connectivity index (χ1n) is 10.9. The fraction of sp³-hybridized carbons (Fsp3) is 0.269. The van der Waals surface area contributed by atoms with Gasteiger partial charge in [-0.05, 0) is 50.1 Å². The summed E-state index contributed by atoms with van der Waals surface area (Å²) >= 11 is 1.47. The lowest BCUT2D eigenvalue weighted by molar-refractivity contribution is -0.144. The summed E-state index contributed by atoms with van der Waals surface area (Å²) in [7, 11) is 0. The second-order valence-electron chi connectivity index (χ2n) is 7.51. The molecule has 0 N–H and O–H groups in total. The molecule has 1 atom stereocenters. The van der Waals surface area contributed by atoms with Gasteiger partial charge >= 0.3 is 5.97 Å². The molecule has 0 spiro atoms. The van der Waals surface area contributed by atoms with Gasteiger partial charge in [0.25, 0.3) is 0 Å². The van der Waals surface area contributed by atoms with Crippen LogP contribution in [0.1, 0.15) is 34.9 Å². The molecular formula is C26H26N2O4S. The molecule has 0 aliphatic rings. The van der Waals surface area contributed by atoms with E-state index in [9.17, 15) is 4.79 Å². The summed E-state index contributed by atoms with van der Waals surface area (Å²) in [6, 6.07) is 17.7. The molecule has 170 valence electrons. The van der Waals surface area contributed by atoms with Gasteiger partial charge in [0.15, 0.2) is 0 Å². The lowest BCUT2D eigenvalue weighted by Crippen LogP contribution is -2.18. The van der Waals surface area contributed by atoms with Gasteiger partial charge in [-0.1, -0.05) is 30.3 Å². The van der Waals surface area contributed by atoms with Crippen molar-refractivity contribution < 1.29 is 18.7 Å². The van der Waals surface area contributed by atoms with Crippen molar-refractivity contribution in [2.75, 3.05) is 13.2 Å². The Labute approximate surface area is 197 Å². The van der Waals surface area contributed by atoms with Gasteiger partial charge in [-0.25, -0.2) is 9.97 Å². The smallest absolute Gasteiger partial charge is 0.316 e. The fourth-order valence-electron chi connectivity index (χ4n) is 3.51. The second kappa shape index (κ2) is 10.9. The van der Waals surface area contributed by atoms with Crippen molar-refractivity contribution in [3.63, 3.8) is 0 Å². The van der Waals surface area contributed by atoms with Gasteiger partial charge in [-0.2, -0.15) is 0 Å². The van der Waals surface area contributed by atoms with E-state index in [0.717, 1.165) is 33.3 Å². The summed E-state index contributed by atoms with van der Waals surface area (Å²) < 4.78 is 17.0. The van der Waals surface area contributed by atoms with Gasteiger partial charge in [0.1, 0.15) is 22.4 Å². The topological polar surface area (TPSA) is 74.5 Å². The monoisotopic (exact) mass is 462 g/mol. The minimum atomic E-state index is -0.398. The van der Waals surface area contributed by atoms with E-state index in [2.05, 4.69) is 9.97 Å². The maximum Gasteiger partial charge on any atom is 0.316 e. The predicted molar refractivity (Wildman–Crippen MR) is 128 cm³/mol. The van der Waals surface area contributed by atoms with Crippen LogP contribution in [0.3, 0.4) is 0 Å². The molecule has 33 heavy (non-hydrogen) atoms. The average molecular weight is 463 g/mol. The fourth-order valence-corrected chi connectivity index (χ4v) is 4.23. The van der Waals surface area contributed by atoms with Crippen LogP contribution in [-0.4, -0.2) is 29.2 Å². The molecule has 0 saturated heterocycles. The molecule has 0 fully saturated rings. The van der Waals surface area contributed by atoms with Gasteiger partial charge < -0.3 is 13.9 Å². The van der Waals surface area contributed by atoms with Crippen LogP contribution in [-0.2, 0) is 22.4 Å². The maximum absolute atomic E-state index is 12.4. The zero-order valence-corrected chi connectivity index (χ0v) is 19.5. The number of carbonyl (C=O) groups is 1. The molecule has 0 saturated carbocycles. The lowest BCUT2D eigenvalue weighted by Gasteiger charge is -2.14. The van der Waals surface area contributed by atoms with E-state index in [0.29, 0.717) is 31.9 Å². The molecule has 1 unspecified atom stereocenters. The predicted octanol–water partition coefficient (Wildman–Crippen LogP) is 5.62. The molecule has 0 amide bonds. The minimum Gasteiger partial charge on any atom is -0.493 e. The largest absolute Gasteiger partial charge is 0.493 e. The highest BCUT2D eigenvalue weighted by atomic mass is 32.1. The molecule has 0 aliphatic heterocycles. The molecule has 7 heteroatoms. The highest BCUT2D eigenvalue weighted by Crippen LogP contribution is 2.26. The number of aromatic nitrogens is 2. The van der Waals surface area contributed by atoms with Gasteiger partial charge in [-0.3, -0.25) is 4.79 Å². The number of thiazole rings is 1. The van der Waals surface area contributed by atoms with Crippen LogP contribution in [0.2, 0.25) is 0 Å². The molecule has 0 bridgehead atoms. The Hall–Kier alpha value is -3.45. The Bertz CT molecular complexity index is 1150. The lowest BCUT2D eigenvalue weighted by atomic mass is 10.00. The van der Waals surface area contributed by atoms with Crippen molar-refractivity contribution in [1.29, 1.82) is 0 Å². The number of esters is 1. The van der Waals surface area contributed by atoms with Crippen molar-refractivity contribution in [3.05, 3.63) is 88.2 Å². The van der Waals surface area contributed by atoms with Gasteiger partial charge in [0.05, 0.1) is 18.9 Å². The van der Waals surface area contributed by atoms with Crippen LogP contribution in [0.25, 0.3) is 11.5 Å². The summed E-state index contributed by atoms with van der Waals surface area (Å²) in [5.41, 5.74) is 2.88. The molecule has 0 radical (unpaired) electrons. The Balaban J connectivity index is 1.33. The zero-order valence-electron chi connectivity index (χ0n) is 18.7. The van der Waals surface area contributed by atoms with Crippen LogP contribution in [0.15, 0.2) is 70.6 Å². The quantitative estimate of drug-likeness (QED) is 0.285.